The number of nitrogens with zero attached hydrogens (tertiary/aromatic N) is 2. The molecule has 2 heterocycles. The van der Waals surface area contributed by atoms with Gasteiger partial charge in [0.05, 0.1) is 11.7 Å². The van der Waals surface area contributed by atoms with Crippen molar-refractivity contribution < 1.29 is 4.74 Å². The molecular weight excluding hydrogens is 226 g/mol. The van der Waals surface area contributed by atoms with Gasteiger partial charge in [-0.15, -0.1) is 0 Å². The summed E-state index contributed by atoms with van der Waals surface area (Å²) in [6.07, 6.45) is 1.83. The van der Waals surface area contributed by atoms with Gasteiger partial charge < -0.3 is 4.74 Å². The molecule has 94 valence electrons. The molecular formula is C14H17N3O. The fraction of sp³-hybridized carbons (Fsp3) is 0.357. The third kappa shape index (κ3) is 1.88. The predicted octanol–water partition coefficient (Wildman–Crippen LogP) is 2.20. The Labute approximate surface area is 107 Å². The molecule has 0 radical (unpaired) electrons. The summed E-state index contributed by atoms with van der Waals surface area (Å²) in [6, 6.07) is 10.7. The lowest BCUT2D eigenvalue weighted by molar-refractivity contribution is 0.298. The Morgan fingerprint density at radius 1 is 1.39 bits per heavy atom. The van der Waals surface area contributed by atoms with Gasteiger partial charge in [-0.3, -0.25) is 10.00 Å². The van der Waals surface area contributed by atoms with Gasteiger partial charge in [-0.05, 0) is 19.1 Å². The zero-order valence-electron chi connectivity index (χ0n) is 10.6. The van der Waals surface area contributed by atoms with Crippen molar-refractivity contribution in [1.82, 2.24) is 15.1 Å². The second-order valence-corrected chi connectivity index (χ2v) is 4.67. The fourth-order valence-corrected chi connectivity index (χ4v) is 2.50. The van der Waals surface area contributed by atoms with Gasteiger partial charge in [0, 0.05) is 24.8 Å². The molecule has 18 heavy (non-hydrogen) atoms. The van der Waals surface area contributed by atoms with Gasteiger partial charge in [0.25, 0.3) is 0 Å². The van der Waals surface area contributed by atoms with Crippen LogP contribution >= 0.6 is 0 Å². The fourth-order valence-electron chi connectivity index (χ4n) is 2.50. The number of para-hydroxylation sites is 1. The minimum absolute atomic E-state index is 0.247. The highest BCUT2D eigenvalue weighted by atomic mass is 16.5. The predicted molar refractivity (Wildman–Crippen MR) is 69.4 cm³/mol. The monoisotopic (exact) mass is 243 g/mol. The maximum absolute atomic E-state index is 5.67. The highest BCUT2D eigenvalue weighted by Gasteiger charge is 2.25. The van der Waals surface area contributed by atoms with Crippen LogP contribution < -0.4 is 10.1 Å². The third-order valence-corrected chi connectivity index (χ3v) is 3.45. The van der Waals surface area contributed by atoms with Crippen LogP contribution in [0.15, 0.2) is 36.5 Å². The molecule has 0 saturated heterocycles. The smallest absolute Gasteiger partial charge is 0.124 e. The number of benzene rings is 1. The number of aryl methyl sites for hydroxylation is 1. The quantitative estimate of drug-likeness (QED) is 0.898. The summed E-state index contributed by atoms with van der Waals surface area (Å²) < 4.78 is 7.58. The molecule has 4 nitrogen and oxygen atoms in total. The van der Waals surface area contributed by atoms with Crippen LogP contribution in [0.3, 0.4) is 0 Å². The summed E-state index contributed by atoms with van der Waals surface area (Å²) in [5.74, 6) is 0.993. The van der Waals surface area contributed by atoms with Gasteiger partial charge in [-0.1, -0.05) is 18.2 Å². The van der Waals surface area contributed by atoms with Gasteiger partial charge in [0.1, 0.15) is 12.4 Å². The Balaban J connectivity index is 1.77. The normalized spacial score (nSPS) is 19.3. The third-order valence-electron chi connectivity index (χ3n) is 3.45. The topological polar surface area (TPSA) is 39.1 Å². The van der Waals surface area contributed by atoms with Crippen molar-refractivity contribution in [1.29, 1.82) is 0 Å². The summed E-state index contributed by atoms with van der Waals surface area (Å²) in [4.78, 5) is 0. The summed E-state index contributed by atoms with van der Waals surface area (Å²) in [5, 5.41) is 7.79. The standard InChI is InChI=1S/C14H17N3O/c1-10(13-7-8-15-17(13)2)16-12-9-18-14-6-4-3-5-11(12)14/h3-8,10,12,16H,9H2,1-2H3. The second-order valence-electron chi connectivity index (χ2n) is 4.67. The van der Waals surface area contributed by atoms with E-state index in [2.05, 4.69) is 29.5 Å². The number of nitrogens with one attached hydrogen (secondary N) is 1. The summed E-state index contributed by atoms with van der Waals surface area (Å²) in [6.45, 7) is 2.85. The Kier molecular flexibility index (Phi) is 2.80. The van der Waals surface area contributed by atoms with Crippen LogP contribution in [0, 0.1) is 0 Å². The summed E-state index contributed by atoms with van der Waals surface area (Å²) in [7, 11) is 1.96. The Bertz CT molecular complexity index is 549. The molecule has 1 aliphatic rings. The molecule has 0 saturated carbocycles. The van der Waals surface area contributed by atoms with Crippen LogP contribution in [-0.2, 0) is 7.05 Å². The summed E-state index contributed by atoms with van der Waals surface area (Å²) >= 11 is 0. The first-order chi connectivity index (χ1) is 8.75. The van der Waals surface area contributed by atoms with Gasteiger partial charge in [-0.25, -0.2) is 0 Å². The molecule has 0 bridgehead atoms. The van der Waals surface area contributed by atoms with Crippen molar-refractivity contribution in [3.63, 3.8) is 0 Å². The number of hydrogen-bond acceptors (Lipinski definition) is 3. The molecule has 1 aromatic heterocycles. The van der Waals surface area contributed by atoms with E-state index in [-0.39, 0.29) is 12.1 Å². The molecule has 1 aromatic carbocycles. The van der Waals surface area contributed by atoms with Crippen molar-refractivity contribution in [2.45, 2.75) is 19.0 Å². The molecule has 0 aliphatic carbocycles. The number of aromatic nitrogens is 2. The summed E-state index contributed by atoms with van der Waals surface area (Å²) in [5.41, 5.74) is 2.42. The van der Waals surface area contributed by atoms with Crippen LogP contribution in [0.1, 0.15) is 30.3 Å². The SMILES string of the molecule is CC(NC1COc2ccccc21)c1ccnn1C. The molecule has 0 amide bonds. The lowest BCUT2D eigenvalue weighted by atomic mass is 10.1. The van der Waals surface area contributed by atoms with Crippen molar-refractivity contribution in [3.05, 3.63) is 47.8 Å². The minimum Gasteiger partial charge on any atom is -0.491 e. The Morgan fingerprint density at radius 3 is 3.00 bits per heavy atom. The van der Waals surface area contributed by atoms with Crippen LogP contribution in [0.25, 0.3) is 0 Å². The van der Waals surface area contributed by atoms with Crippen molar-refractivity contribution in [2.75, 3.05) is 6.61 Å². The van der Waals surface area contributed by atoms with E-state index in [4.69, 9.17) is 4.74 Å². The van der Waals surface area contributed by atoms with E-state index in [0.29, 0.717) is 6.61 Å². The molecule has 0 fully saturated rings. The van der Waals surface area contributed by atoms with Crippen LogP contribution in [0.4, 0.5) is 0 Å². The lowest BCUT2D eigenvalue weighted by Gasteiger charge is -2.18. The van der Waals surface area contributed by atoms with Crippen molar-refractivity contribution in [2.24, 2.45) is 7.05 Å². The first-order valence-corrected chi connectivity index (χ1v) is 6.21. The molecule has 1 aliphatic heterocycles. The van der Waals surface area contributed by atoms with Crippen LogP contribution in [0.2, 0.25) is 0 Å². The molecule has 0 spiro atoms. The largest absolute Gasteiger partial charge is 0.491 e. The Hall–Kier alpha value is -1.81. The van der Waals surface area contributed by atoms with E-state index in [1.165, 1.54) is 11.3 Å². The van der Waals surface area contributed by atoms with E-state index < -0.39 is 0 Å². The Morgan fingerprint density at radius 2 is 2.22 bits per heavy atom. The van der Waals surface area contributed by atoms with Gasteiger partial charge in [0.15, 0.2) is 0 Å². The number of fused-ring (bicyclic) bond motifs is 1. The average molecular weight is 243 g/mol. The van der Waals surface area contributed by atoms with Crippen molar-refractivity contribution >= 4 is 0 Å². The minimum atomic E-state index is 0.247. The zero-order chi connectivity index (χ0) is 12.5. The highest BCUT2D eigenvalue weighted by molar-refractivity contribution is 5.39. The maximum atomic E-state index is 5.67. The van der Waals surface area contributed by atoms with E-state index >= 15 is 0 Å². The van der Waals surface area contributed by atoms with Crippen LogP contribution in [-0.4, -0.2) is 16.4 Å². The van der Waals surface area contributed by atoms with E-state index in [1.54, 1.807) is 0 Å². The average Bonchev–Trinajstić information content (AvgIpc) is 2.97. The number of hydrogen-bond donors (Lipinski definition) is 1. The van der Waals surface area contributed by atoms with E-state index in [9.17, 15) is 0 Å². The molecule has 1 N–H and O–H groups in total. The van der Waals surface area contributed by atoms with E-state index in [1.807, 2.05) is 36.1 Å². The second kappa shape index (κ2) is 4.46. The molecule has 4 heteroatoms. The molecule has 2 unspecified atom stereocenters. The van der Waals surface area contributed by atoms with Gasteiger partial charge >= 0.3 is 0 Å². The highest BCUT2D eigenvalue weighted by Crippen LogP contribution is 2.33. The zero-order valence-corrected chi connectivity index (χ0v) is 10.6. The van der Waals surface area contributed by atoms with Gasteiger partial charge in [0.2, 0.25) is 0 Å². The van der Waals surface area contributed by atoms with Crippen LogP contribution in [0.5, 0.6) is 5.75 Å². The molecule has 2 aromatic rings. The lowest BCUT2D eigenvalue weighted by Crippen LogP contribution is -2.27. The number of rotatable bonds is 3. The maximum Gasteiger partial charge on any atom is 0.124 e. The van der Waals surface area contributed by atoms with Crippen molar-refractivity contribution in [3.8, 4) is 5.75 Å². The number of ether oxygens (including phenoxy) is 1. The van der Waals surface area contributed by atoms with Gasteiger partial charge in [-0.2, -0.15) is 5.10 Å². The van der Waals surface area contributed by atoms with E-state index in [0.717, 1.165) is 5.75 Å². The molecule has 2 atom stereocenters. The molecule has 3 rings (SSSR count). The first-order valence-electron chi connectivity index (χ1n) is 6.21. The first kappa shape index (κ1) is 11.3.